The molecule has 0 amide bonds. The zero-order valence-electron chi connectivity index (χ0n) is 11.7. The Balaban J connectivity index is 1.97. The first-order chi connectivity index (χ1) is 10.8. The molecule has 0 saturated carbocycles. The number of hydrogen-bond donors (Lipinski definition) is 0. The largest absolute Gasteiger partial charge is 0.255 e. The van der Waals surface area contributed by atoms with Gasteiger partial charge in [-0.2, -0.15) is 0 Å². The summed E-state index contributed by atoms with van der Waals surface area (Å²) in [4.78, 5) is 20.3. The minimum atomic E-state index is 0.390. The van der Waals surface area contributed by atoms with E-state index in [0.29, 0.717) is 13.1 Å². The summed E-state index contributed by atoms with van der Waals surface area (Å²) >= 11 is 2.28. The lowest BCUT2D eigenvalue weighted by Gasteiger charge is -2.20. The lowest BCUT2D eigenvalue weighted by atomic mass is 10.2. The minimum absolute atomic E-state index is 0.390. The van der Waals surface area contributed by atoms with E-state index < -0.39 is 0 Å². The van der Waals surface area contributed by atoms with Gasteiger partial charge in [-0.25, -0.2) is 9.31 Å². The van der Waals surface area contributed by atoms with Gasteiger partial charge in [0.1, 0.15) is 0 Å². The summed E-state index contributed by atoms with van der Waals surface area (Å²) in [5.74, 6) is 0. The molecule has 0 aliphatic carbocycles. The standard InChI is InChI=1S/C14H14IN5OS/c15-22-20-9-13-5-1-3-11(16-13)7-19(18-21)8-12-4-2-6-14(10-20)17-12/h1-6H,7-10H2. The Labute approximate surface area is 145 Å². The molecular weight excluding hydrogens is 413 g/mol. The Kier molecular flexibility index (Phi) is 5.21. The first kappa shape index (κ1) is 15.6. The Morgan fingerprint density at radius 3 is 1.77 bits per heavy atom. The van der Waals surface area contributed by atoms with E-state index in [1.54, 1.807) is 9.12 Å². The Morgan fingerprint density at radius 2 is 1.36 bits per heavy atom. The number of nitrogens with zero attached hydrogens (tertiary/aromatic N) is 5. The van der Waals surface area contributed by atoms with E-state index in [1.807, 2.05) is 36.4 Å². The average Bonchev–Trinajstić information content (AvgIpc) is 2.53. The maximum Gasteiger partial charge on any atom is 0.0819 e. The molecule has 0 atom stereocenters. The fourth-order valence-corrected chi connectivity index (χ4v) is 3.56. The van der Waals surface area contributed by atoms with Crippen LogP contribution in [0.2, 0.25) is 0 Å². The third-order valence-electron chi connectivity index (χ3n) is 3.31. The highest BCUT2D eigenvalue weighted by Gasteiger charge is 2.14. The van der Waals surface area contributed by atoms with Crippen LogP contribution in [0.15, 0.2) is 41.7 Å². The van der Waals surface area contributed by atoms with Crippen molar-refractivity contribution >= 4 is 30.3 Å². The van der Waals surface area contributed by atoms with Gasteiger partial charge < -0.3 is 0 Å². The predicted octanol–water partition coefficient (Wildman–Crippen LogP) is 3.47. The molecule has 6 nitrogen and oxygen atoms in total. The molecule has 22 heavy (non-hydrogen) atoms. The van der Waals surface area contributed by atoms with E-state index >= 15 is 0 Å². The van der Waals surface area contributed by atoms with Crippen molar-refractivity contribution in [3.63, 3.8) is 0 Å². The zero-order chi connectivity index (χ0) is 15.4. The van der Waals surface area contributed by atoms with Crippen LogP contribution in [0, 0.1) is 4.91 Å². The lowest BCUT2D eigenvalue weighted by Crippen LogP contribution is -2.21. The molecule has 0 N–H and O–H groups in total. The smallest absolute Gasteiger partial charge is 0.0819 e. The Hall–Kier alpha value is -1.26. The number of pyridine rings is 2. The number of hydrogen-bond acceptors (Lipinski definition) is 6. The topological polar surface area (TPSA) is 61.7 Å². The highest BCUT2D eigenvalue weighted by molar-refractivity contribution is 14.2. The van der Waals surface area contributed by atoms with Crippen molar-refractivity contribution in [3.05, 3.63) is 64.1 Å². The van der Waals surface area contributed by atoms with Crippen molar-refractivity contribution in [2.45, 2.75) is 26.2 Å². The van der Waals surface area contributed by atoms with E-state index in [1.165, 1.54) is 5.01 Å². The first-order valence-corrected chi connectivity index (χ1v) is 10.1. The van der Waals surface area contributed by atoms with Crippen LogP contribution < -0.4 is 0 Å². The van der Waals surface area contributed by atoms with Crippen molar-refractivity contribution in [2.75, 3.05) is 0 Å². The molecule has 4 bridgehead atoms. The molecule has 0 fully saturated rings. The van der Waals surface area contributed by atoms with Crippen molar-refractivity contribution in [1.29, 1.82) is 0 Å². The molecule has 1 aliphatic heterocycles. The van der Waals surface area contributed by atoms with Crippen LogP contribution in [0.25, 0.3) is 0 Å². The van der Waals surface area contributed by atoms with Crippen LogP contribution in [0.1, 0.15) is 22.8 Å². The molecule has 1 aliphatic rings. The van der Waals surface area contributed by atoms with Crippen molar-refractivity contribution in [1.82, 2.24) is 19.3 Å². The molecule has 0 aromatic carbocycles. The van der Waals surface area contributed by atoms with Crippen LogP contribution in [-0.2, 0) is 26.2 Å². The summed E-state index contributed by atoms with van der Waals surface area (Å²) in [5.41, 5.74) is 3.63. The number of rotatable bonds is 2. The molecule has 114 valence electrons. The highest BCUT2D eigenvalue weighted by Crippen LogP contribution is 2.24. The molecule has 8 heteroatoms. The summed E-state index contributed by atoms with van der Waals surface area (Å²) in [6, 6.07) is 11.8. The second kappa shape index (κ2) is 7.34. The van der Waals surface area contributed by atoms with Gasteiger partial charge >= 0.3 is 0 Å². The van der Waals surface area contributed by atoms with Crippen LogP contribution in [0.5, 0.6) is 0 Å². The number of nitroso groups, excluding NO2 is 1. The lowest BCUT2D eigenvalue weighted by molar-refractivity contribution is 0.258. The normalized spacial score (nSPS) is 15.8. The third kappa shape index (κ3) is 3.93. The molecule has 2 aromatic heterocycles. The molecule has 2 aromatic rings. The monoisotopic (exact) mass is 427 g/mol. The quantitative estimate of drug-likeness (QED) is 0.416. The van der Waals surface area contributed by atoms with E-state index in [-0.39, 0.29) is 0 Å². The van der Waals surface area contributed by atoms with Gasteiger partial charge in [0.2, 0.25) is 0 Å². The van der Waals surface area contributed by atoms with E-state index in [4.69, 9.17) is 0 Å². The van der Waals surface area contributed by atoms with Crippen molar-refractivity contribution < 1.29 is 0 Å². The van der Waals surface area contributed by atoms with Crippen LogP contribution in [0.4, 0.5) is 0 Å². The molecule has 0 saturated heterocycles. The third-order valence-corrected chi connectivity index (χ3v) is 5.43. The van der Waals surface area contributed by atoms with Gasteiger partial charge in [-0.05, 0) is 33.4 Å². The average molecular weight is 427 g/mol. The van der Waals surface area contributed by atoms with Crippen molar-refractivity contribution in [2.24, 2.45) is 5.29 Å². The molecule has 3 rings (SSSR count). The molecule has 0 unspecified atom stereocenters. The zero-order valence-corrected chi connectivity index (χ0v) is 14.7. The van der Waals surface area contributed by atoms with Gasteiger partial charge in [0, 0.05) is 21.2 Å². The van der Waals surface area contributed by atoms with Gasteiger partial charge in [-0.1, -0.05) is 12.1 Å². The van der Waals surface area contributed by atoms with E-state index in [2.05, 4.69) is 40.8 Å². The number of aromatic nitrogens is 2. The fraction of sp³-hybridized carbons (Fsp3) is 0.286. The summed E-state index contributed by atoms with van der Waals surface area (Å²) in [7, 11) is 1.65. The molecule has 0 spiro atoms. The van der Waals surface area contributed by atoms with Crippen LogP contribution in [-0.4, -0.2) is 19.3 Å². The second-order valence-corrected chi connectivity index (χ2v) is 6.85. The molecule has 3 heterocycles. The predicted molar refractivity (Wildman–Crippen MR) is 94.4 cm³/mol. The fourth-order valence-electron chi connectivity index (χ4n) is 2.36. The maximum absolute atomic E-state index is 11.1. The van der Waals surface area contributed by atoms with Crippen molar-refractivity contribution in [3.8, 4) is 0 Å². The van der Waals surface area contributed by atoms with E-state index in [9.17, 15) is 4.91 Å². The minimum Gasteiger partial charge on any atom is -0.255 e. The van der Waals surface area contributed by atoms with Gasteiger partial charge in [0.15, 0.2) is 0 Å². The van der Waals surface area contributed by atoms with E-state index in [0.717, 1.165) is 35.9 Å². The van der Waals surface area contributed by atoms with Gasteiger partial charge in [-0.3, -0.25) is 9.97 Å². The molecular formula is C14H14IN5OS. The number of fused-ring (bicyclic) bond motifs is 4. The van der Waals surface area contributed by atoms with Gasteiger partial charge in [-0.15, -0.1) is 4.91 Å². The summed E-state index contributed by atoms with van der Waals surface area (Å²) in [5, 5.41) is 4.55. The van der Waals surface area contributed by atoms with Crippen LogP contribution in [0.3, 0.4) is 0 Å². The summed E-state index contributed by atoms with van der Waals surface area (Å²) < 4.78 is 2.20. The molecule has 0 radical (unpaired) electrons. The first-order valence-electron chi connectivity index (χ1n) is 6.78. The second-order valence-electron chi connectivity index (χ2n) is 5.01. The van der Waals surface area contributed by atoms with Gasteiger partial charge in [0.05, 0.1) is 54.2 Å². The Morgan fingerprint density at radius 1 is 0.909 bits per heavy atom. The van der Waals surface area contributed by atoms with Gasteiger partial charge in [0.25, 0.3) is 0 Å². The number of halogens is 1. The van der Waals surface area contributed by atoms with Crippen LogP contribution >= 0.6 is 30.3 Å². The SMILES string of the molecule is O=NN1Cc2cccc(n2)CN(SI)Cc2cccc(n2)C1. The summed E-state index contributed by atoms with van der Waals surface area (Å²) in [6.07, 6.45) is 0. The summed E-state index contributed by atoms with van der Waals surface area (Å²) in [6.45, 7) is 2.23. The Bertz CT molecular complexity index is 620. The highest BCUT2D eigenvalue weighted by atomic mass is 127. The maximum atomic E-state index is 11.1.